The van der Waals surface area contributed by atoms with Gasteiger partial charge in [0.1, 0.15) is 0 Å². The second-order valence-corrected chi connectivity index (χ2v) is 3.83. The normalized spacial score (nSPS) is 10.0. The van der Waals surface area contributed by atoms with Gasteiger partial charge in [-0.05, 0) is 12.1 Å². The molecule has 18 heavy (non-hydrogen) atoms. The lowest BCUT2D eigenvalue weighted by atomic mass is 10.2. The Morgan fingerprint density at radius 3 is 2.61 bits per heavy atom. The molecule has 2 heterocycles. The number of fused-ring (bicyclic) bond motifs is 1. The van der Waals surface area contributed by atoms with E-state index < -0.39 is 0 Å². The van der Waals surface area contributed by atoms with Crippen LogP contribution in [0, 0.1) is 11.8 Å². The molecule has 0 aliphatic heterocycles. The zero-order valence-electron chi connectivity index (χ0n) is 9.54. The minimum Gasteiger partial charge on any atom is -0.394 e. The highest BCUT2D eigenvalue weighted by molar-refractivity contribution is 5.63. The first-order valence-electron chi connectivity index (χ1n) is 5.49. The van der Waals surface area contributed by atoms with Gasteiger partial charge in [-0.3, -0.25) is 0 Å². The van der Waals surface area contributed by atoms with Crippen molar-refractivity contribution in [2.24, 2.45) is 0 Å². The van der Waals surface area contributed by atoms with Gasteiger partial charge in [-0.2, -0.15) is 5.10 Å². The molecule has 0 saturated heterocycles. The third-order valence-corrected chi connectivity index (χ3v) is 2.51. The van der Waals surface area contributed by atoms with E-state index in [4.69, 9.17) is 5.73 Å². The molecule has 0 atom stereocenters. The van der Waals surface area contributed by atoms with Crippen LogP contribution in [0.25, 0.3) is 5.65 Å². The van der Waals surface area contributed by atoms with Gasteiger partial charge < -0.3 is 5.73 Å². The lowest BCUT2D eigenvalue weighted by Gasteiger charge is -1.94. The van der Waals surface area contributed by atoms with Crippen molar-refractivity contribution in [1.29, 1.82) is 0 Å². The third-order valence-electron chi connectivity index (χ3n) is 2.51. The molecule has 3 rings (SSSR count). The van der Waals surface area contributed by atoms with Gasteiger partial charge in [0, 0.05) is 18.0 Å². The first-order valence-corrected chi connectivity index (χ1v) is 5.49. The first-order chi connectivity index (χ1) is 8.83. The molecule has 86 valence electrons. The maximum atomic E-state index is 5.71. The predicted octanol–water partition coefficient (Wildman–Crippen LogP) is 1.71. The summed E-state index contributed by atoms with van der Waals surface area (Å²) in [6.07, 6.45) is 5.09. The number of hydrogen-bond donors (Lipinski definition) is 1. The SMILES string of the molecule is Nc1cnn2cc(C#Cc3ccccc3)cnc12. The van der Waals surface area contributed by atoms with Crippen LogP contribution in [0.4, 0.5) is 5.69 Å². The Bertz CT molecular complexity index is 748. The summed E-state index contributed by atoms with van der Waals surface area (Å²) in [5.41, 5.74) is 8.70. The highest BCUT2D eigenvalue weighted by Crippen LogP contribution is 2.09. The molecule has 0 bridgehead atoms. The number of nitrogen functional groups attached to an aromatic ring is 1. The van der Waals surface area contributed by atoms with Gasteiger partial charge in [0.05, 0.1) is 17.4 Å². The second kappa shape index (κ2) is 4.22. The molecule has 4 nitrogen and oxygen atoms in total. The fraction of sp³-hybridized carbons (Fsp3) is 0. The van der Waals surface area contributed by atoms with Gasteiger partial charge >= 0.3 is 0 Å². The third kappa shape index (κ3) is 1.89. The van der Waals surface area contributed by atoms with E-state index in [-0.39, 0.29) is 0 Å². The largest absolute Gasteiger partial charge is 0.394 e. The minimum atomic E-state index is 0.567. The van der Waals surface area contributed by atoms with E-state index in [0.717, 1.165) is 11.1 Å². The van der Waals surface area contributed by atoms with E-state index in [9.17, 15) is 0 Å². The van der Waals surface area contributed by atoms with Crippen molar-refractivity contribution in [3.63, 3.8) is 0 Å². The molecule has 0 radical (unpaired) electrons. The lowest BCUT2D eigenvalue weighted by Crippen LogP contribution is -1.93. The standard InChI is InChI=1S/C14H10N4/c15-13-9-17-18-10-12(8-16-14(13)18)7-6-11-4-2-1-3-5-11/h1-5,8-10H,15H2. The number of nitrogens with zero attached hydrogens (tertiary/aromatic N) is 3. The van der Waals surface area contributed by atoms with Crippen molar-refractivity contribution in [3.05, 3.63) is 60.0 Å². The van der Waals surface area contributed by atoms with Crippen LogP contribution >= 0.6 is 0 Å². The Hall–Kier alpha value is -2.80. The minimum absolute atomic E-state index is 0.567. The average molecular weight is 234 g/mol. The van der Waals surface area contributed by atoms with Crippen LogP contribution in [-0.4, -0.2) is 14.6 Å². The van der Waals surface area contributed by atoms with E-state index in [1.165, 1.54) is 0 Å². The van der Waals surface area contributed by atoms with E-state index in [0.29, 0.717) is 11.3 Å². The van der Waals surface area contributed by atoms with Crippen LogP contribution < -0.4 is 5.73 Å². The van der Waals surface area contributed by atoms with Gasteiger partial charge in [-0.15, -0.1) is 0 Å². The Balaban J connectivity index is 1.99. The van der Waals surface area contributed by atoms with Crippen LogP contribution in [0.2, 0.25) is 0 Å². The summed E-state index contributed by atoms with van der Waals surface area (Å²) in [6, 6.07) is 9.81. The molecule has 0 aliphatic rings. The van der Waals surface area contributed by atoms with Gasteiger partial charge in [0.15, 0.2) is 5.65 Å². The molecule has 2 aromatic heterocycles. The summed E-state index contributed by atoms with van der Waals surface area (Å²) in [7, 11) is 0. The van der Waals surface area contributed by atoms with Crippen molar-refractivity contribution in [3.8, 4) is 11.8 Å². The van der Waals surface area contributed by atoms with Crippen molar-refractivity contribution >= 4 is 11.3 Å². The number of nitrogens with two attached hydrogens (primary N) is 1. The molecular formula is C14H10N4. The van der Waals surface area contributed by atoms with Gasteiger partial charge in [-0.25, -0.2) is 9.50 Å². The summed E-state index contributed by atoms with van der Waals surface area (Å²) < 4.78 is 1.63. The smallest absolute Gasteiger partial charge is 0.178 e. The van der Waals surface area contributed by atoms with E-state index in [1.807, 2.05) is 36.5 Å². The number of rotatable bonds is 0. The summed E-state index contributed by atoms with van der Waals surface area (Å²) in [4.78, 5) is 4.23. The molecule has 0 unspecified atom stereocenters. The zero-order valence-corrected chi connectivity index (χ0v) is 9.54. The fourth-order valence-electron chi connectivity index (χ4n) is 1.62. The van der Waals surface area contributed by atoms with Crippen molar-refractivity contribution in [1.82, 2.24) is 14.6 Å². The fourth-order valence-corrected chi connectivity index (χ4v) is 1.62. The van der Waals surface area contributed by atoms with Crippen LogP contribution in [0.1, 0.15) is 11.1 Å². The second-order valence-electron chi connectivity index (χ2n) is 3.83. The quantitative estimate of drug-likeness (QED) is 0.602. The van der Waals surface area contributed by atoms with Crippen LogP contribution in [0.5, 0.6) is 0 Å². The summed E-state index contributed by atoms with van der Waals surface area (Å²) in [5, 5.41) is 4.10. The lowest BCUT2D eigenvalue weighted by molar-refractivity contribution is 0.935. The summed E-state index contributed by atoms with van der Waals surface area (Å²) in [6.45, 7) is 0. The Morgan fingerprint density at radius 2 is 1.78 bits per heavy atom. The van der Waals surface area contributed by atoms with E-state index >= 15 is 0 Å². The van der Waals surface area contributed by atoms with Crippen molar-refractivity contribution in [2.45, 2.75) is 0 Å². The van der Waals surface area contributed by atoms with Crippen molar-refractivity contribution in [2.75, 3.05) is 5.73 Å². The maximum absolute atomic E-state index is 5.71. The molecule has 1 aromatic carbocycles. The van der Waals surface area contributed by atoms with Crippen molar-refractivity contribution < 1.29 is 0 Å². The number of hydrogen-bond acceptors (Lipinski definition) is 3. The summed E-state index contributed by atoms with van der Waals surface area (Å²) in [5.74, 6) is 6.12. The maximum Gasteiger partial charge on any atom is 0.178 e. The van der Waals surface area contributed by atoms with Crippen LogP contribution in [0.3, 0.4) is 0 Å². The molecule has 0 aliphatic carbocycles. The topological polar surface area (TPSA) is 56.2 Å². The zero-order chi connectivity index (χ0) is 12.4. The molecule has 0 saturated carbocycles. The predicted molar refractivity (Wildman–Crippen MR) is 69.8 cm³/mol. The molecule has 3 aromatic rings. The number of benzene rings is 1. The molecular weight excluding hydrogens is 224 g/mol. The Kier molecular flexibility index (Phi) is 2.43. The highest BCUT2D eigenvalue weighted by Gasteiger charge is 2.00. The van der Waals surface area contributed by atoms with E-state index in [2.05, 4.69) is 21.9 Å². The first kappa shape index (κ1) is 10.4. The van der Waals surface area contributed by atoms with Crippen LogP contribution in [-0.2, 0) is 0 Å². The molecule has 0 amide bonds. The van der Waals surface area contributed by atoms with Gasteiger partial charge in [0.25, 0.3) is 0 Å². The van der Waals surface area contributed by atoms with Crippen LogP contribution in [0.15, 0.2) is 48.9 Å². The molecule has 2 N–H and O–H groups in total. The highest BCUT2D eigenvalue weighted by atomic mass is 15.2. The molecule has 0 fully saturated rings. The average Bonchev–Trinajstić information content (AvgIpc) is 2.79. The summed E-state index contributed by atoms with van der Waals surface area (Å²) >= 11 is 0. The number of anilines is 1. The van der Waals surface area contributed by atoms with Gasteiger partial charge in [-0.1, -0.05) is 30.0 Å². The van der Waals surface area contributed by atoms with Gasteiger partial charge in [0.2, 0.25) is 0 Å². The Morgan fingerprint density at radius 1 is 1.00 bits per heavy atom. The van der Waals surface area contributed by atoms with E-state index in [1.54, 1.807) is 16.9 Å². The monoisotopic (exact) mass is 234 g/mol. The Labute approximate surface area is 104 Å². The molecule has 0 spiro atoms. The number of aromatic nitrogens is 3. The molecule has 4 heteroatoms.